The third-order valence-electron chi connectivity index (χ3n) is 8.86. The number of carbonyl (C=O) groups excluding carboxylic acids is 4. The van der Waals surface area contributed by atoms with Crippen LogP contribution in [0.15, 0.2) is 66.7 Å². The quantitative estimate of drug-likeness (QED) is 0.272. The number of imide groups is 1. The molecule has 3 amide bonds. The highest BCUT2D eigenvalue weighted by atomic mass is 32.1. The maximum Gasteiger partial charge on any atom is 0.341 e. The second-order valence-electron chi connectivity index (χ2n) is 11.3. The number of esters is 1. The topological polar surface area (TPSA) is 92.8 Å². The smallest absolute Gasteiger partial charge is 0.341 e. The molecule has 3 atom stereocenters. The number of ether oxygens (including phenoxy) is 1. The Labute approximate surface area is 238 Å². The summed E-state index contributed by atoms with van der Waals surface area (Å²) in [4.78, 5) is 56.8. The van der Waals surface area contributed by atoms with Gasteiger partial charge in [0.1, 0.15) is 11.0 Å². The summed E-state index contributed by atoms with van der Waals surface area (Å²) in [6, 6.07) is 19.5. The zero-order valence-electron chi connectivity index (χ0n) is 23.2. The monoisotopic (exact) mass is 558 g/mol. The van der Waals surface area contributed by atoms with Crippen LogP contribution in [0.5, 0.6) is 0 Å². The molecular weight excluding hydrogens is 524 g/mol. The number of benzene rings is 2. The first-order valence-corrected chi connectivity index (χ1v) is 14.5. The number of piperidine rings is 1. The van der Waals surface area contributed by atoms with Gasteiger partial charge in [-0.15, -0.1) is 11.3 Å². The number of anilines is 1. The highest BCUT2D eigenvalue weighted by Crippen LogP contribution is 2.60. The minimum atomic E-state index is -1.07. The van der Waals surface area contributed by atoms with Crippen LogP contribution >= 0.6 is 11.3 Å². The minimum Gasteiger partial charge on any atom is -0.462 e. The summed E-state index contributed by atoms with van der Waals surface area (Å²) in [5.74, 6) is -2.02. The molecular formula is C32H34N2O5S. The number of amides is 3. The van der Waals surface area contributed by atoms with Gasteiger partial charge in [-0.05, 0) is 42.4 Å². The second kappa shape index (κ2) is 10.7. The van der Waals surface area contributed by atoms with Gasteiger partial charge in [0, 0.05) is 17.2 Å². The number of carbonyl (C=O) groups is 4. The van der Waals surface area contributed by atoms with Crippen molar-refractivity contribution in [1.82, 2.24) is 4.90 Å². The predicted molar refractivity (Wildman–Crippen MR) is 155 cm³/mol. The molecule has 5 rings (SSSR count). The van der Waals surface area contributed by atoms with Crippen LogP contribution in [-0.2, 0) is 25.5 Å². The normalized spacial score (nSPS) is 22.2. The number of thiophene rings is 1. The fourth-order valence-electron chi connectivity index (χ4n) is 6.07. The van der Waals surface area contributed by atoms with Gasteiger partial charge in [-0.3, -0.25) is 19.3 Å². The van der Waals surface area contributed by atoms with Crippen molar-refractivity contribution in [2.75, 3.05) is 11.9 Å². The number of hydrogen-bond acceptors (Lipinski definition) is 6. The average molecular weight is 559 g/mol. The van der Waals surface area contributed by atoms with E-state index in [1.807, 2.05) is 81.4 Å². The minimum absolute atomic E-state index is 0.166. The standard InChI is InChI=1S/C32H34N2O5S/c1-5-39-29(37)22-19-25(21-14-10-7-11-15-21)40-27(22)33-26(35)24(18-20-12-8-6-9-13-20)34-28(36)23-16-17-32(4,30(34)38)31(23,2)3/h6-15,19,23-24H,5,16-18H2,1-4H3,(H,33,35). The number of rotatable bonds is 8. The van der Waals surface area contributed by atoms with E-state index in [9.17, 15) is 19.2 Å². The van der Waals surface area contributed by atoms with Crippen LogP contribution < -0.4 is 5.32 Å². The Balaban J connectivity index is 1.53. The van der Waals surface area contributed by atoms with Gasteiger partial charge < -0.3 is 10.1 Å². The molecule has 2 aliphatic rings. The Morgan fingerprint density at radius 2 is 1.70 bits per heavy atom. The van der Waals surface area contributed by atoms with E-state index in [4.69, 9.17) is 4.74 Å². The van der Waals surface area contributed by atoms with Crippen molar-refractivity contribution in [3.63, 3.8) is 0 Å². The average Bonchev–Trinajstić information content (AvgIpc) is 3.44. The van der Waals surface area contributed by atoms with E-state index in [0.29, 0.717) is 17.8 Å². The van der Waals surface area contributed by atoms with Gasteiger partial charge in [0.05, 0.1) is 17.6 Å². The molecule has 7 nitrogen and oxygen atoms in total. The summed E-state index contributed by atoms with van der Waals surface area (Å²) in [5, 5.41) is 3.24. The van der Waals surface area contributed by atoms with E-state index >= 15 is 0 Å². The van der Waals surface area contributed by atoms with Crippen molar-refractivity contribution in [3.8, 4) is 10.4 Å². The third kappa shape index (κ3) is 4.64. The van der Waals surface area contributed by atoms with Gasteiger partial charge >= 0.3 is 5.97 Å². The molecule has 1 saturated carbocycles. The van der Waals surface area contributed by atoms with Gasteiger partial charge in [-0.2, -0.15) is 0 Å². The molecule has 3 unspecified atom stereocenters. The summed E-state index contributed by atoms with van der Waals surface area (Å²) in [6.45, 7) is 7.78. The lowest BCUT2D eigenvalue weighted by atomic mass is 9.62. The number of nitrogens with one attached hydrogen (secondary N) is 1. The van der Waals surface area contributed by atoms with Gasteiger partial charge in [0.15, 0.2) is 0 Å². The molecule has 8 heteroatoms. The molecule has 2 fully saturated rings. The summed E-state index contributed by atoms with van der Waals surface area (Å²) in [6.07, 6.45) is 1.38. The zero-order valence-corrected chi connectivity index (χ0v) is 24.0. The Morgan fingerprint density at radius 3 is 2.35 bits per heavy atom. The Kier molecular flexibility index (Phi) is 7.40. The maximum absolute atomic E-state index is 14.1. The van der Waals surface area contributed by atoms with E-state index in [1.165, 1.54) is 16.2 Å². The lowest BCUT2D eigenvalue weighted by molar-refractivity contribution is -0.172. The molecule has 1 aromatic heterocycles. The molecule has 1 N–H and O–H groups in total. The van der Waals surface area contributed by atoms with Crippen LogP contribution in [-0.4, -0.2) is 41.2 Å². The largest absolute Gasteiger partial charge is 0.462 e. The lowest BCUT2D eigenvalue weighted by Crippen LogP contribution is -2.64. The SMILES string of the molecule is CCOC(=O)c1cc(-c2ccccc2)sc1NC(=O)C(Cc1ccccc1)N1C(=O)C2CCC(C)(C1=O)C2(C)C. The number of likely N-dealkylation sites (tertiary alicyclic amines) is 1. The molecule has 1 aliphatic heterocycles. The third-order valence-corrected chi connectivity index (χ3v) is 9.96. The first-order chi connectivity index (χ1) is 19.1. The van der Waals surface area contributed by atoms with Crippen LogP contribution in [0.3, 0.4) is 0 Å². The van der Waals surface area contributed by atoms with E-state index < -0.39 is 28.7 Å². The molecule has 3 aromatic rings. The van der Waals surface area contributed by atoms with Crippen molar-refractivity contribution >= 4 is 40.0 Å². The number of nitrogens with zero attached hydrogens (tertiary/aromatic N) is 1. The fourth-order valence-corrected chi connectivity index (χ4v) is 7.12. The molecule has 2 heterocycles. The predicted octanol–water partition coefficient (Wildman–Crippen LogP) is 5.95. The van der Waals surface area contributed by atoms with Crippen molar-refractivity contribution < 1.29 is 23.9 Å². The molecule has 2 bridgehead atoms. The van der Waals surface area contributed by atoms with Crippen LogP contribution in [0.2, 0.25) is 0 Å². The highest BCUT2D eigenvalue weighted by Gasteiger charge is 2.65. The summed E-state index contributed by atoms with van der Waals surface area (Å²) in [5.41, 5.74) is 0.711. The van der Waals surface area contributed by atoms with Gasteiger partial charge in [0.25, 0.3) is 0 Å². The molecule has 0 spiro atoms. The van der Waals surface area contributed by atoms with Crippen molar-refractivity contribution in [2.45, 2.75) is 53.0 Å². The fraction of sp³-hybridized carbons (Fsp3) is 0.375. The van der Waals surface area contributed by atoms with Crippen molar-refractivity contribution in [3.05, 3.63) is 77.9 Å². The molecule has 2 aromatic carbocycles. The van der Waals surface area contributed by atoms with Crippen LogP contribution in [0.25, 0.3) is 10.4 Å². The van der Waals surface area contributed by atoms with Gasteiger partial charge in [-0.1, -0.05) is 81.4 Å². The Hall–Kier alpha value is -3.78. The van der Waals surface area contributed by atoms with Gasteiger partial charge in [-0.25, -0.2) is 4.79 Å². The summed E-state index contributed by atoms with van der Waals surface area (Å²) >= 11 is 1.26. The zero-order chi connectivity index (χ0) is 28.7. The molecule has 1 saturated heterocycles. The molecule has 40 heavy (non-hydrogen) atoms. The van der Waals surface area contributed by atoms with E-state index in [1.54, 1.807) is 13.0 Å². The van der Waals surface area contributed by atoms with Crippen LogP contribution in [0.4, 0.5) is 5.00 Å². The molecule has 208 valence electrons. The first kappa shape index (κ1) is 27.8. The van der Waals surface area contributed by atoms with Gasteiger partial charge in [0.2, 0.25) is 17.7 Å². The van der Waals surface area contributed by atoms with Crippen LogP contribution in [0, 0.1) is 16.7 Å². The van der Waals surface area contributed by atoms with E-state index in [-0.39, 0.29) is 36.3 Å². The first-order valence-electron chi connectivity index (χ1n) is 13.7. The summed E-state index contributed by atoms with van der Waals surface area (Å²) in [7, 11) is 0. The lowest BCUT2D eigenvalue weighted by Gasteiger charge is -2.49. The highest BCUT2D eigenvalue weighted by molar-refractivity contribution is 7.20. The Morgan fingerprint density at radius 1 is 1.05 bits per heavy atom. The van der Waals surface area contributed by atoms with Crippen molar-refractivity contribution in [2.24, 2.45) is 16.7 Å². The second-order valence-corrected chi connectivity index (χ2v) is 12.3. The molecule has 0 radical (unpaired) electrons. The van der Waals surface area contributed by atoms with Crippen molar-refractivity contribution in [1.29, 1.82) is 0 Å². The van der Waals surface area contributed by atoms with E-state index in [2.05, 4.69) is 5.32 Å². The number of hydrogen-bond donors (Lipinski definition) is 1. The Bertz CT molecular complexity index is 1450. The number of fused-ring (bicyclic) bond motifs is 2. The van der Waals surface area contributed by atoms with E-state index in [0.717, 1.165) is 16.0 Å². The maximum atomic E-state index is 14.1. The van der Waals surface area contributed by atoms with Crippen LogP contribution in [0.1, 0.15) is 56.5 Å². The molecule has 1 aliphatic carbocycles. The summed E-state index contributed by atoms with van der Waals surface area (Å²) < 4.78 is 5.28.